The highest BCUT2D eigenvalue weighted by atomic mass is 35.5. The van der Waals surface area contributed by atoms with Crippen molar-refractivity contribution in [3.05, 3.63) is 64.7 Å². The van der Waals surface area contributed by atoms with Gasteiger partial charge >= 0.3 is 0 Å². The lowest BCUT2D eigenvalue weighted by Crippen LogP contribution is -2.36. The fraction of sp³-hybridized carbons (Fsp3) is 0.278. The Morgan fingerprint density at radius 3 is 2.23 bits per heavy atom. The summed E-state index contributed by atoms with van der Waals surface area (Å²) < 4.78 is 5.09. The van der Waals surface area contributed by atoms with Crippen LogP contribution in [0.3, 0.4) is 0 Å². The minimum absolute atomic E-state index is 0.0929. The van der Waals surface area contributed by atoms with Gasteiger partial charge in [0, 0.05) is 22.5 Å². The SMILES string of the molecule is COc1ccc(C(=O)NCC(C)(C)c2ccc(Cl)cc2)cc1. The molecule has 2 aromatic carbocycles. The molecule has 22 heavy (non-hydrogen) atoms. The first kappa shape index (κ1) is 16.4. The second-order valence-electron chi connectivity index (χ2n) is 5.80. The number of halogens is 1. The number of rotatable bonds is 5. The summed E-state index contributed by atoms with van der Waals surface area (Å²) in [5.74, 6) is 0.641. The molecular weight excluding hydrogens is 298 g/mol. The average Bonchev–Trinajstić information content (AvgIpc) is 2.53. The van der Waals surface area contributed by atoms with Crippen molar-refractivity contribution in [2.24, 2.45) is 0 Å². The van der Waals surface area contributed by atoms with Crippen molar-refractivity contribution in [1.29, 1.82) is 0 Å². The van der Waals surface area contributed by atoms with Crippen molar-refractivity contribution < 1.29 is 9.53 Å². The van der Waals surface area contributed by atoms with Gasteiger partial charge in [-0.1, -0.05) is 37.6 Å². The molecular formula is C18H20ClNO2. The molecule has 0 unspecified atom stereocenters. The Hall–Kier alpha value is -2.00. The molecule has 0 aliphatic rings. The molecule has 4 heteroatoms. The smallest absolute Gasteiger partial charge is 0.251 e. The number of hydrogen-bond donors (Lipinski definition) is 1. The third-order valence-corrected chi connectivity index (χ3v) is 3.92. The maximum absolute atomic E-state index is 12.2. The van der Waals surface area contributed by atoms with Crippen molar-refractivity contribution in [1.82, 2.24) is 5.32 Å². The van der Waals surface area contributed by atoms with Crippen LogP contribution in [0.2, 0.25) is 5.02 Å². The number of carbonyl (C=O) groups is 1. The monoisotopic (exact) mass is 317 g/mol. The van der Waals surface area contributed by atoms with Crippen LogP contribution in [0.1, 0.15) is 29.8 Å². The summed E-state index contributed by atoms with van der Waals surface area (Å²) in [6, 6.07) is 14.8. The topological polar surface area (TPSA) is 38.3 Å². The first-order chi connectivity index (χ1) is 10.4. The molecule has 2 rings (SSSR count). The van der Waals surface area contributed by atoms with E-state index in [1.165, 1.54) is 0 Å². The Kier molecular flexibility index (Phi) is 5.09. The van der Waals surface area contributed by atoms with Gasteiger partial charge in [0.05, 0.1) is 7.11 Å². The van der Waals surface area contributed by atoms with Crippen LogP contribution in [-0.2, 0) is 5.41 Å². The van der Waals surface area contributed by atoms with Gasteiger partial charge in [0.15, 0.2) is 0 Å². The number of benzene rings is 2. The minimum Gasteiger partial charge on any atom is -0.497 e. The van der Waals surface area contributed by atoms with Crippen molar-refractivity contribution in [2.75, 3.05) is 13.7 Å². The Balaban J connectivity index is 2.01. The van der Waals surface area contributed by atoms with Crippen LogP contribution < -0.4 is 10.1 Å². The summed E-state index contributed by atoms with van der Waals surface area (Å²) in [4.78, 5) is 12.2. The second kappa shape index (κ2) is 6.84. The minimum atomic E-state index is -0.174. The fourth-order valence-electron chi connectivity index (χ4n) is 2.15. The Bertz CT molecular complexity index is 633. The third kappa shape index (κ3) is 4.01. The lowest BCUT2D eigenvalue weighted by molar-refractivity contribution is 0.0945. The molecule has 0 bridgehead atoms. The van der Waals surface area contributed by atoms with Crippen LogP contribution in [0.5, 0.6) is 5.75 Å². The molecule has 0 saturated carbocycles. The number of carbonyl (C=O) groups excluding carboxylic acids is 1. The molecule has 0 aromatic heterocycles. The van der Waals surface area contributed by atoms with Crippen LogP contribution in [-0.4, -0.2) is 19.6 Å². The molecule has 0 radical (unpaired) electrons. The normalized spacial score (nSPS) is 11.1. The van der Waals surface area contributed by atoms with Gasteiger partial charge in [0.25, 0.3) is 5.91 Å². The van der Waals surface area contributed by atoms with Crippen LogP contribution in [0.4, 0.5) is 0 Å². The Labute approximate surface area is 136 Å². The Morgan fingerprint density at radius 1 is 1.09 bits per heavy atom. The van der Waals surface area contributed by atoms with E-state index in [0.29, 0.717) is 17.1 Å². The van der Waals surface area contributed by atoms with Crippen molar-refractivity contribution in [3.63, 3.8) is 0 Å². The van der Waals surface area contributed by atoms with E-state index >= 15 is 0 Å². The maximum Gasteiger partial charge on any atom is 0.251 e. The number of nitrogens with one attached hydrogen (secondary N) is 1. The summed E-state index contributed by atoms with van der Waals surface area (Å²) in [5.41, 5.74) is 1.58. The van der Waals surface area contributed by atoms with Crippen LogP contribution in [0.25, 0.3) is 0 Å². The van der Waals surface area contributed by atoms with Gasteiger partial charge in [-0.15, -0.1) is 0 Å². The maximum atomic E-state index is 12.2. The lowest BCUT2D eigenvalue weighted by atomic mass is 9.84. The van der Waals surface area contributed by atoms with Crippen LogP contribution >= 0.6 is 11.6 Å². The number of hydrogen-bond acceptors (Lipinski definition) is 2. The zero-order valence-electron chi connectivity index (χ0n) is 13.0. The molecule has 0 fully saturated rings. The molecule has 0 aliphatic carbocycles. The molecule has 3 nitrogen and oxygen atoms in total. The highest BCUT2D eigenvalue weighted by Crippen LogP contribution is 2.24. The zero-order valence-corrected chi connectivity index (χ0v) is 13.8. The van der Waals surface area contributed by atoms with Crippen molar-refractivity contribution in [2.45, 2.75) is 19.3 Å². The first-order valence-electron chi connectivity index (χ1n) is 7.11. The molecule has 1 amide bonds. The fourth-order valence-corrected chi connectivity index (χ4v) is 2.27. The van der Waals surface area contributed by atoms with Crippen LogP contribution in [0, 0.1) is 0 Å². The van der Waals surface area contributed by atoms with Gasteiger partial charge in [-0.3, -0.25) is 4.79 Å². The predicted molar refractivity (Wildman–Crippen MR) is 89.8 cm³/mol. The number of ether oxygens (including phenoxy) is 1. The lowest BCUT2D eigenvalue weighted by Gasteiger charge is -2.25. The Morgan fingerprint density at radius 2 is 1.68 bits per heavy atom. The molecule has 0 saturated heterocycles. The molecule has 0 heterocycles. The van der Waals surface area contributed by atoms with E-state index in [1.807, 2.05) is 24.3 Å². The summed E-state index contributed by atoms with van der Waals surface area (Å²) in [5, 5.41) is 3.69. The van der Waals surface area contributed by atoms with Gasteiger partial charge in [-0.05, 0) is 42.0 Å². The summed E-state index contributed by atoms with van der Waals surface area (Å²) >= 11 is 5.91. The number of amides is 1. The second-order valence-corrected chi connectivity index (χ2v) is 6.24. The largest absolute Gasteiger partial charge is 0.497 e. The molecule has 1 N–H and O–H groups in total. The van der Waals surface area contributed by atoms with Crippen LogP contribution in [0.15, 0.2) is 48.5 Å². The number of methoxy groups -OCH3 is 1. The molecule has 0 atom stereocenters. The third-order valence-electron chi connectivity index (χ3n) is 3.67. The summed E-state index contributed by atoms with van der Waals surface area (Å²) in [6.07, 6.45) is 0. The summed E-state index contributed by atoms with van der Waals surface area (Å²) in [7, 11) is 1.60. The molecule has 0 aliphatic heterocycles. The van der Waals surface area contributed by atoms with E-state index < -0.39 is 0 Å². The van der Waals surface area contributed by atoms with Gasteiger partial charge in [-0.2, -0.15) is 0 Å². The highest BCUT2D eigenvalue weighted by molar-refractivity contribution is 6.30. The zero-order chi connectivity index (χ0) is 16.2. The molecule has 116 valence electrons. The highest BCUT2D eigenvalue weighted by Gasteiger charge is 2.21. The van der Waals surface area contributed by atoms with Gasteiger partial charge in [0.2, 0.25) is 0 Å². The van der Waals surface area contributed by atoms with E-state index in [1.54, 1.807) is 31.4 Å². The van der Waals surface area contributed by atoms with E-state index in [4.69, 9.17) is 16.3 Å². The summed E-state index contributed by atoms with van der Waals surface area (Å²) in [6.45, 7) is 4.72. The van der Waals surface area contributed by atoms with Crippen molar-refractivity contribution >= 4 is 17.5 Å². The molecule has 0 spiro atoms. The quantitative estimate of drug-likeness (QED) is 0.903. The molecule has 2 aromatic rings. The average molecular weight is 318 g/mol. The predicted octanol–water partition coefficient (Wildman–Crippen LogP) is 4.06. The van der Waals surface area contributed by atoms with Gasteiger partial charge in [0.1, 0.15) is 5.75 Å². The van der Waals surface area contributed by atoms with E-state index in [9.17, 15) is 4.79 Å². The standard InChI is InChI=1S/C18H20ClNO2/c1-18(2,14-6-8-15(19)9-7-14)12-20-17(21)13-4-10-16(22-3)11-5-13/h4-11H,12H2,1-3H3,(H,20,21). The van der Waals surface area contributed by atoms with E-state index in [0.717, 1.165) is 11.3 Å². The van der Waals surface area contributed by atoms with Gasteiger partial charge < -0.3 is 10.1 Å². The van der Waals surface area contributed by atoms with E-state index in [2.05, 4.69) is 19.2 Å². The van der Waals surface area contributed by atoms with E-state index in [-0.39, 0.29) is 11.3 Å². The van der Waals surface area contributed by atoms with Gasteiger partial charge in [-0.25, -0.2) is 0 Å². The van der Waals surface area contributed by atoms with Crippen molar-refractivity contribution in [3.8, 4) is 5.75 Å². The first-order valence-corrected chi connectivity index (χ1v) is 7.48.